The van der Waals surface area contributed by atoms with E-state index in [1.54, 1.807) is 24.3 Å². The van der Waals surface area contributed by atoms with Crippen molar-refractivity contribution >= 4 is 37.5 Å². The van der Waals surface area contributed by atoms with Gasteiger partial charge in [0.2, 0.25) is 5.75 Å². The average Bonchev–Trinajstić information content (AvgIpc) is 2.41. The SMILES string of the molecule is O=[N+]([O-])c1cc(CBr)ccc1Oc1ccc(Br)cc1. The molecule has 19 heavy (non-hydrogen) atoms. The second-order valence-corrected chi connectivity index (χ2v) is 5.23. The van der Waals surface area contributed by atoms with E-state index in [0.29, 0.717) is 11.1 Å². The van der Waals surface area contributed by atoms with Crippen LogP contribution in [0.4, 0.5) is 5.69 Å². The molecule has 0 atom stereocenters. The molecule has 2 aromatic rings. The minimum Gasteiger partial charge on any atom is -0.450 e. The number of alkyl halides is 1. The van der Waals surface area contributed by atoms with Gasteiger partial charge in [0.05, 0.1) is 4.92 Å². The molecule has 0 unspecified atom stereocenters. The van der Waals surface area contributed by atoms with Gasteiger partial charge >= 0.3 is 5.69 Å². The molecule has 0 bridgehead atoms. The van der Waals surface area contributed by atoms with Crippen molar-refractivity contribution in [2.45, 2.75) is 5.33 Å². The Hall–Kier alpha value is -1.40. The summed E-state index contributed by atoms with van der Waals surface area (Å²) in [5.74, 6) is 0.787. The lowest BCUT2D eigenvalue weighted by Gasteiger charge is -2.07. The van der Waals surface area contributed by atoms with Crippen molar-refractivity contribution in [3.05, 3.63) is 62.6 Å². The van der Waals surface area contributed by atoms with Gasteiger partial charge in [-0.15, -0.1) is 0 Å². The van der Waals surface area contributed by atoms with Crippen molar-refractivity contribution in [3.63, 3.8) is 0 Å². The summed E-state index contributed by atoms with van der Waals surface area (Å²) in [5, 5.41) is 11.6. The van der Waals surface area contributed by atoms with E-state index in [9.17, 15) is 10.1 Å². The van der Waals surface area contributed by atoms with Gasteiger partial charge in [0.15, 0.2) is 0 Å². The van der Waals surface area contributed by atoms with Gasteiger partial charge in [0.25, 0.3) is 0 Å². The fourth-order valence-electron chi connectivity index (χ4n) is 1.50. The highest BCUT2D eigenvalue weighted by atomic mass is 79.9. The Labute approximate surface area is 126 Å². The van der Waals surface area contributed by atoms with Crippen LogP contribution in [0.2, 0.25) is 0 Å². The first-order chi connectivity index (χ1) is 9.10. The smallest absolute Gasteiger partial charge is 0.311 e. The molecule has 4 nitrogen and oxygen atoms in total. The second-order valence-electron chi connectivity index (χ2n) is 3.75. The summed E-state index contributed by atoms with van der Waals surface area (Å²) < 4.78 is 6.47. The molecule has 2 rings (SSSR count). The minimum atomic E-state index is -0.444. The molecular formula is C13H9Br2NO3. The Morgan fingerprint density at radius 1 is 1.16 bits per heavy atom. The van der Waals surface area contributed by atoms with Crippen LogP contribution in [0.25, 0.3) is 0 Å². The highest BCUT2D eigenvalue weighted by molar-refractivity contribution is 9.10. The molecule has 0 saturated heterocycles. The van der Waals surface area contributed by atoms with Crippen molar-refractivity contribution in [3.8, 4) is 11.5 Å². The molecule has 0 fully saturated rings. The van der Waals surface area contributed by atoms with E-state index in [4.69, 9.17) is 4.74 Å². The van der Waals surface area contributed by atoms with Gasteiger partial charge in [0.1, 0.15) is 5.75 Å². The first-order valence-electron chi connectivity index (χ1n) is 5.37. The number of nitro groups is 1. The number of nitro benzene ring substituents is 1. The highest BCUT2D eigenvalue weighted by Gasteiger charge is 2.16. The number of ether oxygens (including phenoxy) is 1. The Balaban J connectivity index is 2.33. The van der Waals surface area contributed by atoms with Crippen molar-refractivity contribution < 1.29 is 9.66 Å². The lowest BCUT2D eigenvalue weighted by Crippen LogP contribution is -1.94. The van der Waals surface area contributed by atoms with Crippen LogP contribution in [0.5, 0.6) is 11.5 Å². The van der Waals surface area contributed by atoms with Gasteiger partial charge in [-0.1, -0.05) is 37.9 Å². The molecule has 2 aromatic carbocycles. The molecule has 6 heteroatoms. The van der Waals surface area contributed by atoms with E-state index in [2.05, 4.69) is 31.9 Å². The van der Waals surface area contributed by atoms with E-state index in [1.807, 2.05) is 12.1 Å². The zero-order chi connectivity index (χ0) is 13.8. The van der Waals surface area contributed by atoms with Crippen molar-refractivity contribution in [1.82, 2.24) is 0 Å². The predicted molar refractivity (Wildman–Crippen MR) is 79.9 cm³/mol. The fraction of sp³-hybridized carbons (Fsp3) is 0.0769. The molecule has 0 spiro atoms. The second kappa shape index (κ2) is 6.16. The molecule has 0 N–H and O–H groups in total. The van der Waals surface area contributed by atoms with Crippen LogP contribution in [0.3, 0.4) is 0 Å². The summed E-state index contributed by atoms with van der Waals surface area (Å²) in [4.78, 5) is 10.6. The van der Waals surface area contributed by atoms with Gasteiger partial charge in [-0.3, -0.25) is 10.1 Å². The standard InChI is InChI=1S/C13H9Br2NO3/c14-8-9-1-6-13(12(7-9)16(17)18)19-11-4-2-10(15)3-5-11/h1-7H,8H2. The molecule has 0 amide bonds. The zero-order valence-corrected chi connectivity index (χ0v) is 12.8. The molecule has 0 saturated carbocycles. The summed E-state index contributed by atoms with van der Waals surface area (Å²) >= 11 is 6.59. The quantitative estimate of drug-likeness (QED) is 0.420. The largest absolute Gasteiger partial charge is 0.450 e. The van der Waals surface area contributed by atoms with Crippen LogP contribution < -0.4 is 4.74 Å². The Kier molecular flexibility index (Phi) is 4.55. The monoisotopic (exact) mass is 385 g/mol. The molecule has 0 aliphatic carbocycles. The van der Waals surface area contributed by atoms with Gasteiger partial charge in [0, 0.05) is 15.9 Å². The number of hydrogen-bond acceptors (Lipinski definition) is 3. The highest BCUT2D eigenvalue weighted by Crippen LogP contribution is 2.33. The van der Waals surface area contributed by atoms with Crippen molar-refractivity contribution in [2.24, 2.45) is 0 Å². The van der Waals surface area contributed by atoms with Crippen molar-refractivity contribution in [2.75, 3.05) is 0 Å². The molecule has 98 valence electrons. The van der Waals surface area contributed by atoms with Crippen LogP contribution in [-0.2, 0) is 5.33 Å². The van der Waals surface area contributed by atoms with E-state index in [1.165, 1.54) is 6.07 Å². The van der Waals surface area contributed by atoms with Crippen molar-refractivity contribution in [1.29, 1.82) is 0 Å². The lowest BCUT2D eigenvalue weighted by atomic mass is 10.2. The number of nitrogens with zero attached hydrogens (tertiary/aromatic N) is 1. The predicted octanol–water partition coefficient (Wildman–Crippen LogP) is 5.04. The van der Waals surface area contributed by atoms with Crippen LogP contribution in [0.1, 0.15) is 5.56 Å². The van der Waals surface area contributed by atoms with E-state index >= 15 is 0 Å². The van der Waals surface area contributed by atoms with E-state index in [0.717, 1.165) is 10.0 Å². The summed E-state index contributed by atoms with van der Waals surface area (Å²) in [7, 11) is 0. The third-order valence-corrected chi connectivity index (χ3v) is 3.59. The van der Waals surface area contributed by atoms with Gasteiger partial charge in [-0.2, -0.15) is 0 Å². The summed E-state index contributed by atoms with van der Waals surface area (Å²) in [6.45, 7) is 0. The Morgan fingerprint density at radius 2 is 1.84 bits per heavy atom. The van der Waals surface area contributed by atoms with Crippen LogP contribution in [0.15, 0.2) is 46.9 Å². The number of benzene rings is 2. The maximum atomic E-state index is 11.0. The molecule has 0 heterocycles. The molecule has 0 radical (unpaired) electrons. The van der Waals surface area contributed by atoms with Crippen LogP contribution in [0, 0.1) is 10.1 Å². The first-order valence-corrected chi connectivity index (χ1v) is 7.28. The Bertz CT molecular complexity index is 599. The van der Waals surface area contributed by atoms with Gasteiger partial charge in [-0.25, -0.2) is 0 Å². The number of hydrogen-bond donors (Lipinski definition) is 0. The third-order valence-electron chi connectivity index (χ3n) is 2.42. The van der Waals surface area contributed by atoms with Gasteiger partial charge in [-0.05, 0) is 35.9 Å². The van der Waals surface area contributed by atoms with E-state index in [-0.39, 0.29) is 11.4 Å². The normalized spacial score (nSPS) is 10.2. The van der Waals surface area contributed by atoms with Crippen LogP contribution >= 0.6 is 31.9 Å². The van der Waals surface area contributed by atoms with Gasteiger partial charge < -0.3 is 4.74 Å². The lowest BCUT2D eigenvalue weighted by molar-refractivity contribution is -0.385. The minimum absolute atomic E-state index is 0.0418. The molecule has 0 aliphatic rings. The maximum Gasteiger partial charge on any atom is 0.311 e. The number of rotatable bonds is 4. The van der Waals surface area contributed by atoms with Crippen LogP contribution in [-0.4, -0.2) is 4.92 Å². The number of halogens is 2. The summed E-state index contributed by atoms with van der Waals surface area (Å²) in [6.07, 6.45) is 0. The molecule has 0 aromatic heterocycles. The topological polar surface area (TPSA) is 52.4 Å². The summed E-state index contributed by atoms with van der Waals surface area (Å²) in [5.41, 5.74) is 0.787. The maximum absolute atomic E-state index is 11.0. The zero-order valence-electron chi connectivity index (χ0n) is 9.68. The average molecular weight is 387 g/mol. The first kappa shape index (κ1) is 14.0. The molecule has 0 aliphatic heterocycles. The third kappa shape index (κ3) is 3.54. The molecular weight excluding hydrogens is 378 g/mol. The van der Waals surface area contributed by atoms with E-state index < -0.39 is 4.92 Å². The summed E-state index contributed by atoms with van der Waals surface area (Å²) in [6, 6.07) is 12.0. The Morgan fingerprint density at radius 3 is 2.42 bits per heavy atom. The fourth-order valence-corrected chi connectivity index (χ4v) is 2.12.